The Balaban J connectivity index is 2.68. The minimum atomic E-state index is -0.878. The minimum Gasteiger partial charge on any atom is -0.480 e. The zero-order chi connectivity index (χ0) is 12.7. The summed E-state index contributed by atoms with van der Waals surface area (Å²) >= 11 is 0. The van der Waals surface area contributed by atoms with Crippen molar-refractivity contribution in [2.45, 2.75) is 38.6 Å². The number of carboxylic acid groups (broad SMARTS) is 1. The minimum absolute atomic E-state index is 0.507. The van der Waals surface area contributed by atoms with Gasteiger partial charge < -0.3 is 10.4 Å². The lowest BCUT2D eigenvalue weighted by atomic mass is 9.92. The van der Waals surface area contributed by atoms with E-state index in [2.05, 4.69) is 12.2 Å². The fourth-order valence-corrected chi connectivity index (χ4v) is 1.76. The molecule has 1 atom stereocenters. The molecule has 1 rings (SSSR count). The molecule has 0 bridgehead atoms. The van der Waals surface area contributed by atoms with Gasteiger partial charge in [-0.1, -0.05) is 43.7 Å². The van der Waals surface area contributed by atoms with Crippen LogP contribution < -0.4 is 5.32 Å². The van der Waals surface area contributed by atoms with E-state index in [1.165, 1.54) is 0 Å². The van der Waals surface area contributed by atoms with Gasteiger partial charge in [-0.3, -0.25) is 4.79 Å². The molecule has 0 spiro atoms. The number of carbonyl (C=O) groups is 1. The van der Waals surface area contributed by atoms with Gasteiger partial charge in [0.15, 0.2) is 0 Å². The summed E-state index contributed by atoms with van der Waals surface area (Å²) in [6, 6.07) is 9.73. The summed E-state index contributed by atoms with van der Waals surface area (Å²) in [6.07, 6.45) is 2.57. The van der Waals surface area contributed by atoms with Crippen molar-refractivity contribution >= 4 is 5.97 Å². The Hall–Kier alpha value is -1.35. The van der Waals surface area contributed by atoms with E-state index < -0.39 is 11.5 Å². The standard InChI is InChI=1S/C14H21NO2/c1-3-4-10-15-14(2,13(16)17)11-12-8-6-5-7-9-12/h5-9,15H,3-4,10-11H2,1-2H3,(H,16,17). The Labute approximate surface area is 103 Å². The highest BCUT2D eigenvalue weighted by Crippen LogP contribution is 2.13. The number of rotatable bonds is 7. The predicted molar refractivity (Wildman–Crippen MR) is 69.1 cm³/mol. The molecule has 94 valence electrons. The Morgan fingerprint density at radius 3 is 2.53 bits per heavy atom. The van der Waals surface area contributed by atoms with E-state index in [0.29, 0.717) is 6.42 Å². The molecule has 3 nitrogen and oxygen atoms in total. The molecule has 0 fully saturated rings. The van der Waals surface area contributed by atoms with Gasteiger partial charge in [-0.05, 0) is 25.5 Å². The Bertz CT molecular complexity index is 350. The summed E-state index contributed by atoms with van der Waals surface area (Å²) in [5.74, 6) is -0.794. The zero-order valence-electron chi connectivity index (χ0n) is 10.6. The summed E-state index contributed by atoms with van der Waals surface area (Å²) in [6.45, 7) is 4.58. The molecule has 0 aliphatic heterocycles. The average molecular weight is 235 g/mol. The number of benzene rings is 1. The zero-order valence-corrected chi connectivity index (χ0v) is 10.6. The summed E-state index contributed by atoms with van der Waals surface area (Å²) in [5, 5.41) is 12.5. The first-order valence-corrected chi connectivity index (χ1v) is 6.11. The van der Waals surface area contributed by atoms with E-state index in [4.69, 9.17) is 0 Å². The SMILES string of the molecule is CCCCNC(C)(Cc1ccccc1)C(=O)O. The van der Waals surface area contributed by atoms with Gasteiger partial charge in [-0.25, -0.2) is 0 Å². The molecular formula is C14H21NO2. The van der Waals surface area contributed by atoms with Crippen LogP contribution in [0.4, 0.5) is 0 Å². The maximum Gasteiger partial charge on any atom is 0.323 e. The second-order valence-corrected chi connectivity index (χ2v) is 4.58. The Kier molecular flexibility index (Phi) is 5.16. The highest BCUT2D eigenvalue weighted by atomic mass is 16.4. The van der Waals surface area contributed by atoms with Gasteiger partial charge in [-0.2, -0.15) is 0 Å². The Morgan fingerprint density at radius 2 is 2.00 bits per heavy atom. The van der Waals surface area contributed by atoms with Gasteiger partial charge in [0.1, 0.15) is 5.54 Å². The van der Waals surface area contributed by atoms with Crippen molar-refractivity contribution in [1.29, 1.82) is 0 Å². The molecule has 1 unspecified atom stereocenters. The van der Waals surface area contributed by atoms with Crippen LogP contribution in [0.5, 0.6) is 0 Å². The molecule has 3 heteroatoms. The van der Waals surface area contributed by atoms with Crippen molar-refractivity contribution in [2.75, 3.05) is 6.54 Å². The van der Waals surface area contributed by atoms with E-state index >= 15 is 0 Å². The number of hydrogen-bond acceptors (Lipinski definition) is 2. The van der Waals surface area contributed by atoms with Gasteiger partial charge in [-0.15, -0.1) is 0 Å². The molecule has 0 aliphatic carbocycles. The molecule has 2 N–H and O–H groups in total. The van der Waals surface area contributed by atoms with Crippen molar-refractivity contribution in [3.8, 4) is 0 Å². The van der Waals surface area contributed by atoms with Crippen LogP contribution in [0.3, 0.4) is 0 Å². The van der Waals surface area contributed by atoms with E-state index in [-0.39, 0.29) is 0 Å². The van der Waals surface area contributed by atoms with E-state index in [9.17, 15) is 9.90 Å². The van der Waals surface area contributed by atoms with Gasteiger partial charge in [0.05, 0.1) is 0 Å². The summed E-state index contributed by atoms with van der Waals surface area (Å²) < 4.78 is 0. The molecular weight excluding hydrogens is 214 g/mol. The highest BCUT2D eigenvalue weighted by molar-refractivity contribution is 5.78. The van der Waals surface area contributed by atoms with Crippen LogP contribution in [-0.2, 0) is 11.2 Å². The maximum absolute atomic E-state index is 11.4. The van der Waals surface area contributed by atoms with Crippen LogP contribution in [-0.4, -0.2) is 23.2 Å². The van der Waals surface area contributed by atoms with Gasteiger partial charge in [0, 0.05) is 6.42 Å². The first kappa shape index (κ1) is 13.7. The molecule has 0 heterocycles. The summed E-state index contributed by atoms with van der Waals surface area (Å²) in [4.78, 5) is 11.4. The summed E-state index contributed by atoms with van der Waals surface area (Å²) in [5.41, 5.74) is 0.165. The number of hydrogen-bond donors (Lipinski definition) is 2. The van der Waals surface area contributed by atoms with Crippen molar-refractivity contribution in [3.05, 3.63) is 35.9 Å². The third kappa shape index (κ3) is 4.19. The molecule has 0 aromatic heterocycles. The lowest BCUT2D eigenvalue weighted by molar-refractivity contribution is -0.144. The molecule has 1 aromatic rings. The lowest BCUT2D eigenvalue weighted by Crippen LogP contribution is -2.51. The van der Waals surface area contributed by atoms with Crippen LogP contribution >= 0.6 is 0 Å². The quantitative estimate of drug-likeness (QED) is 0.714. The monoisotopic (exact) mass is 235 g/mol. The lowest BCUT2D eigenvalue weighted by Gasteiger charge is -2.26. The van der Waals surface area contributed by atoms with Crippen LogP contribution in [0, 0.1) is 0 Å². The first-order valence-electron chi connectivity index (χ1n) is 6.11. The second-order valence-electron chi connectivity index (χ2n) is 4.58. The second kappa shape index (κ2) is 6.40. The first-order chi connectivity index (χ1) is 8.08. The number of carboxylic acids is 1. The Morgan fingerprint density at radius 1 is 1.35 bits per heavy atom. The highest BCUT2D eigenvalue weighted by Gasteiger charge is 2.32. The third-order valence-electron chi connectivity index (χ3n) is 2.92. The van der Waals surface area contributed by atoms with Gasteiger partial charge in [0.2, 0.25) is 0 Å². The van der Waals surface area contributed by atoms with Crippen LogP contribution in [0.1, 0.15) is 32.3 Å². The molecule has 1 aromatic carbocycles. The smallest absolute Gasteiger partial charge is 0.323 e. The molecule has 0 radical (unpaired) electrons. The topological polar surface area (TPSA) is 49.3 Å². The van der Waals surface area contributed by atoms with E-state index in [0.717, 1.165) is 24.9 Å². The van der Waals surface area contributed by atoms with E-state index in [1.54, 1.807) is 6.92 Å². The largest absolute Gasteiger partial charge is 0.480 e. The molecule has 17 heavy (non-hydrogen) atoms. The number of nitrogens with one attached hydrogen (secondary N) is 1. The van der Waals surface area contributed by atoms with Crippen LogP contribution in [0.15, 0.2) is 30.3 Å². The van der Waals surface area contributed by atoms with Crippen molar-refractivity contribution in [3.63, 3.8) is 0 Å². The predicted octanol–water partition coefficient (Wildman–Crippen LogP) is 2.46. The fourth-order valence-electron chi connectivity index (χ4n) is 1.76. The number of aliphatic carboxylic acids is 1. The molecule has 0 amide bonds. The maximum atomic E-state index is 11.4. The normalized spacial score (nSPS) is 14.2. The van der Waals surface area contributed by atoms with Gasteiger partial charge >= 0.3 is 5.97 Å². The molecule has 0 saturated carbocycles. The fraction of sp³-hybridized carbons (Fsp3) is 0.500. The van der Waals surface area contributed by atoms with Crippen molar-refractivity contribution in [1.82, 2.24) is 5.32 Å². The third-order valence-corrected chi connectivity index (χ3v) is 2.92. The van der Waals surface area contributed by atoms with E-state index in [1.807, 2.05) is 30.3 Å². The van der Waals surface area contributed by atoms with Crippen LogP contribution in [0.25, 0.3) is 0 Å². The molecule has 0 aliphatic rings. The summed E-state index contributed by atoms with van der Waals surface area (Å²) in [7, 11) is 0. The van der Waals surface area contributed by atoms with Crippen molar-refractivity contribution in [2.24, 2.45) is 0 Å². The average Bonchev–Trinajstić information content (AvgIpc) is 2.30. The van der Waals surface area contributed by atoms with Crippen molar-refractivity contribution < 1.29 is 9.90 Å². The van der Waals surface area contributed by atoms with Gasteiger partial charge in [0.25, 0.3) is 0 Å². The molecule has 0 saturated heterocycles. The number of unbranched alkanes of at least 4 members (excludes halogenated alkanes) is 1. The van der Waals surface area contributed by atoms with Crippen LogP contribution in [0.2, 0.25) is 0 Å².